The van der Waals surface area contributed by atoms with Crippen molar-refractivity contribution < 1.29 is 39.5 Å². The molecule has 0 bridgehead atoms. The van der Waals surface area contributed by atoms with E-state index in [0.29, 0.717) is 13.2 Å². The monoisotopic (exact) mass is 316 g/mol. The summed E-state index contributed by atoms with van der Waals surface area (Å²) in [7, 11) is -8.74. The molecule has 4 nitrogen and oxygen atoms in total. The number of rotatable bonds is 4. The molecule has 1 aromatic heterocycles. The Labute approximate surface area is 105 Å². The third-order valence-corrected chi connectivity index (χ3v) is 1.46. The molecule has 1 heterocycles. The average Bonchev–Trinajstić information content (AvgIpc) is 2.46. The zero-order chi connectivity index (χ0) is 15.4. The van der Waals surface area contributed by atoms with Crippen LogP contribution in [-0.4, -0.2) is 17.8 Å². The zero-order valence-corrected chi connectivity index (χ0v) is 11.4. The van der Waals surface area contributed by atoms with Gasteiger partial charge in [0.1, 0.15) is 12.8 Å². The van der Waals surface area contributed by atoms with Crippen molar-refractivity contribution in [3.63, 3.8) is 0 Å². The number of aryl methyl sites for hydroxylation is 1. The first-order valence-electron chi connectivity index (χ1n) is 5.14. The Kier molecular flexibility index (Phi) is 4.75. The molecule has 11 heteroatoms. The van der Waals surface area contributed by atoms with Gasteiger partial charge in [0.15, 0.2) is 6.20 Å². The second kappa shape index (κ2) is 5.07. The molecule has 0 amide bonds. The molecule has 116 valence electrons. The Hall–Kier alpha value is -1.18. The normalized spacial score (nSPS) is 14.8. The van der Waals surface area contributed by atoms with Crippen LogP contribution < -0.4 is 14.3 Å². The summed E-state index contributed by atoms with van der Waals surface area (Å²) in [6, 6.07) is 0.722. The van der Waals surface area contributed by atoms with E-state index in [1.807, 2.05) is 37.9 Å². The molecule has 19 heavy (non-hydrogen) atoms. The van der Waals surface area contributed by atoms with Gasteiger partial charge in [0, 0.05) is 0 Å². The number of nitrogens with zero attached hydrogens (tertiary/aromatic N) is 2. The van der Waals surface area contributed by atoms with Gasteiger partial charge in [-0.3, -0.25) is 0 Å². The predicted octanol–water partition coefficient (Wildman–Crippen LogP) is 3.54. The first-order chi connectivity index (χ1) is 8.24. The van der Waals surface area contributed by atoms with E-state index < -0.39 is 7.81 Å². The van der Waals surface area contributed by atoms with Gasteiger partial charge in [0.25, 0.3) is 0 Å². The van der Waals surface area contributed by atoms with Gasteiger partial charge in [-0.15, -0.1) is 0 Å². The molecule has 0 radical (unpaired) electrons. The van der Waals surface area contributed by atoms with Gasteiger partial charge < -0.3 is 9.57 Å². The maximum atomic E-state index is 9.87. The molecule has 0 spiro atoms. The van der Waals surface area contributed by atoms with Crippen LogP contribution >= 0.6 is 7.81 Å². The Morgan fingerprint density at radius 2 is 1.58 bits per heavy atom. The molecule has 1 rings (SSSR count). The van der Waals surface area contributed by atoms with Crippen molar-refractivity contribution in [2.45, 2.75) is 13.8 Å². The van der Waals surface area contributed by atoms with Crippen LogP contribution in [0.1, 0.15) is 13.8 Å². The van der Waals surface area contributed by atoms with Gasteiger partial charge in [-0.1, -0.05) is 0 Å². The zero-order valence-electron chi connectivity index (χ0n) is 10.5. The van der Waals surface area contributed by atoms with Crippen molar-refractivity contribution in [2.24, 2.45) is 7.05 Å². The van der Waals surface area contributed by atoms with Gasteiger partial charge in [-0.2, -0.15) is 4.57 Å². The number of hydrogen-bond donors (Lipinski definition) is 0. The van der Waals surface area contributed by atoms with E-state index in [1.54, 1.807) is 4.73 Å². The molecule has 0 fully saturated rings. The van der Waals surface area contributed by atoms with Crippen LogP contribution in [-0.2, 0) is 7.05 Å². The van der Waals surface area contributed by atoms with E-state index in [4.69, 9.17) is 9.57 Å². The first-order valence-corrected chi connectivity index (χ1v) is 7.16. The summed E-state index contributed by atoms with van der Waals surface area (Å²) in [5, 5.41) is 0. The second-order valence-electron chi connectivity index (χ2n) is 3.33. The number of hydrogen-bond acceptors (Lipinski definition) is 2. The molecule has 1 aromatic rings. The molecule has 0 aliphatic carbocycles. The van der Waals surface area contributed by atoms with Crippen molar-refractivity contribution in [3.05, 3.63) is 12.4 Å². The Balaban J connectivity index is 0.000000399. The molecule has 0 aliphatic rings. The van der Waals surface area contributed by atoms with E-state index >= 15 is 0 Å². The maximum absolute atomic E-state index is 10.7. The number of imidazole rings is 1. The second-order valence-corrected chi connectivity index (χ2v) is 5.24. The summed E-state index contributed by atoms with van der Waals surface area (Å²) in [6.45, 7) is 5.17. The quantitative estimate of drug-likeness (QED) is 0.483. The minimum atomic E-state index is -10.7. The van der Waals surface area contributed by atoms with Crippen LogP contribution in [0, 0.1) is 0 Å². The topological polar surface area (TPSA) is 27.3 Å². The summed E-state index contributed by atoms with van der Waals surface area (Å²) in [5.74, 6) is 0. The van der Waals surface area contributed by atoms with E-state index in [1.165, 1.54) is 0 Å². The summed E-state index contributed by atoms with van der Waals surface area (Å²) >= 11 is 0. The molecule has 0 atom stereocenters. The summed E-state index contributed by atoms with van der Waals surface area (Å²) in [4.78, 5) is 5.28. The van der Waals surface area contributed by atoms with Crippen LogP contribution in [0.25, 0.3) is 0 Å². The van der Waals surface area contributed by atoms with Gasteiger partial charge in [-0.05, 0) is 18.6 Å². The number of ether oxygens (including phenoxy) is 1. The van der Waals surface area contributed by atoms with Crippen LogP contribution in [0.3, 0.4) is 0 Å². The summed E-state index contributed by atoms with van der Waals surface area (Å²) in [5.41, 5.74) is 0. The van der Waals surface area contributed by atoms with Gasteiger partial charge >= 0.3 is 39.0 Å². The molecule has 0 saturated heterocycles. The molecule has 0 N–H and O–H groups in total. The Morgan fingerprint density at radius 1 is 1.11 bits per heavy atom. The number of halogens is 6. The summed E-state index contributed by atoms with van der Waals surface area (Å²) in [6.07, 6.45) is 3.72. The van der Waals surface area contributed by atoms with E-state index in [-0.39, 0.29) is 0 Å². The fourth-order valence-electron chi connectivity index (χ4n) is 0.975. The summed E-state index contributed by atoms with van der Waals surface area (Å²) < 4.78 is 68.1. The molecule has 0 unspecified atom stereocenters. The molecule has 0 saturated carbocycles. The fraction of sp³-hybridized carbons (Fsp3) is 0.625. The first kappa shape index (κ1) is 17.8. The van der Waals surface area contributed by atoms with Crippen LogP contribution in [0.15, 0.2) is 12.4 Å². The molecule has 0 aliphatic heterocycles. The van der Waals surface area contributed by atoms with Crippen molar-refractivity contribution in [2.75, 3.05) is 13.2 Å². The van der Waals surface area contributed by atoms with Crippen LogP contribution in [0.5, 0.6) is 6.01 Å². The van der Waals surface area contributed by atoms with Crippen LogP contribution in [0.2, 0.25) is 0 Å². The fourth-order valence-corrected chi connectivity index (χ4v) is 0.975. The van der Waals surface area contributed by atoms with Crippen LogP contribution in [0.4, 0.5) is 25.2 Å². The predicted molar refractivity (Wildman–Crippen MR) is 57.5 cm³/mol. The van der Waals surface area contributed by atoms with E-state index in [9.17, 15) is 25.2 Å². The van der Waals surface area contributed by atoms with E-state index in [0.717, 1.165) is 6.01 Å². The minimum absolute atomic E-state index is 0.634. The van der Waals surface area contributed by atoms with Gasteiger partial charge in [0.2, 0.25) is 0 Å². The molecule has 0 aromatic carbocycles. The Bertz CT molecular complexity index is 404. The molecular formula is C8H15F6N2O2P. The van der Waals surface area contributed by atoms with Gasteiger partial charge in [-0.25, -0.2) is 0 Å². The van der Waals surface area contributed by atoms with Crippen molar-refractivity contribution in [3.8, 4) is 6.01 Å². The average molecular weight is 316 g/mol. The molecular weight excluding hydrogens is 301 g/mol. The third-order valence-electron chi connectivity index (χ3n) is 1.46. The number of aromatic nitrogens is 2. The van der Waals surface area contributed by atoms with E-state index in [2.05, 4.69) is 0 Å². The SMILES string of the molecule is CCOc1n(C)cc[n+]1OCC.F[P-](F)(F)(F)(F)F. The third kappa shape index (κ3) is 11.6. The Morgan fingerprint density at radius 3 is 1.95 bits per heavy atom. The standard InChI is InChI=1S/C8H15N2O2.F6P/c1-4-11-8-9(3)6-7-10(8)12-5-2;1-7(2,3,4,5)6/h6-7H,4-5H2,1-3H3;/q+1;-1. The van der Waals surface area contributed by atoms with Crippen molar-refractivity contribution in [1.29, 1.82) is 0 Å². The van der Waals surface area contributed by atoms with Gasteiger partial charge in [0.05, 0.1) is 13.7 Å². The van der Waals surface area contributed by atoms with Crippen molar-refractivity contribution >= 4 is 7.81 Å². The van der Waals surface area contributed by atoms with Crippen molar-refractivity contribution in [1.82, 2.24) is 4.57 Å².